The van der Waals surface area contributed by atoms with Crippen molar-refractivity contribution in [3.63, 3.8) is 0 Å². The lowest BCUT2D eigenvalue weighted by Gasteiger charge is -2.23. The Morgan fingerprint density at radius 3 is 2.40 bits per heavy atom. The molecule has 0 aromatic carbocycles. The second-order valence-electron chi connectivity index (χ2n) is 6.32. The van der Waals surface area contributed by atoms with E-state index in [2.05, 4.69) is 4.98 Å². The average molecular weight is 370 g/mol. The Morgan fingerprint density at radius 1 is 1.28 bits per heavy atom. The molecule has 0 bridgehead atoms. The summed E-state index contributed by atoms with van der Waals surface area (Å²) in [5.74, 6) is -1.37. The van der Waals surface area contributed by atoms with Gasteiger partial charge in [0.25, 0.3) is 5.91 Å². The Kier molecular flexibility index (Phi) is 5.36. The number of aryl methyl sites for hydroxylation is 1. The van der Waals surface area contributed by atoms with Crippen molar-refractivity contribution in [3.8, 4) is 0 Å². The molecule has 1 fully saturated rings. The van der Waals surface area contributed by atoms with Crippen LogP contribution in [0.5, 0.6) is 0 Å². The largest absolute Gasteiger partial charge is 0.451 e. The molecule has 1 aromatic heterocycles. The molecule has 1 N–H and O–H groups in total. The van der Waals surface area contributed by atoms with Gasteiger partial charge in [-0.05, 0) is 32.8 Å². The number of rotatable bonds is 5. The zero-order chi connectivity index (χ0) is 18.9. The van der Waals surface area contributed by atoms with E-state index in [0.717, 1.165) is 0 Å². The summed E-state index contributed by atoms with van der Waals surface area (Å²) in [6.45, 7) is 4.24. The number of likely N-dealkylation sites (N-methyl/N-ethyl adjacent to an activating group) is 1. The van der Waals surface area contributed by atoms with Crippen molar-refractivity contribution in [1.82, 2.24) is 9.88 Å². The molecule has 1 aromatic rings. The van der Waals surface area contributed by atoms with E-state index in [1.54, 1.807) is 13.8 Å². The Bertz CT molecular complexity index is 824. The molecule has 138 valence electrons. The number of sulfone groups is 1. The number of esters is 1. The second kappa shape index (κ2) is 6.99. The molecule has 1 atom stereocenters. The Balaban J connectivity index is 1.99. The highest BCUT2D eigenvalue weighted by Crippen LogP contribution is 2.20. The third-order valence-corrected chi connectivity index (χ3v) is 6.22. The second-order valence-corrected chi connectivity index (χ2v) is 8.55. The minimum absolute atomic E-state index is 0.0594. The van der Waals surface area contributed by atoms with Crippen LogP contribution in [0.15, 0.2) is 0 Å². The number of hydrogen-bond acceptors (Lipinski definition) is 6. The first-order valence-corrected chi connectivity index (χ1v) is 9.69. The fourth-order valence-electron chi connectivity index (χ4n) is 3.07. The molecular weight excluding hydrogens is 348 g/mol. The normalized spacial score (nSPS) is 18.8. The van der Waals surface area contributed by atoms with E-state index in [4.69, 9.17) is 4.74 Å². The summed E-state index contributed by atoms with van der Waals surface area (Å²) in [5, 5.41) is 0. The van der Waals surface area contributed by atoms with Gasteiger partial charge in [-0.1, -0.05) is 0 Å². The number of hydrogen-bond donors (Lipinski definition) is 1. The SMILES string of the molecule is CC(=O)c1c(C)[nH]c(C(=O)OCC(=O)N(C)[C@H]2CCS(=O)(=O)C2)c1C. The summed E-state index contributed by atoms with van der Waals surface area (Å²) in [6, 6.07) is -0.394. The summed E-state index contributed by atoms with van der Waals surface area (Å²) < 4.78 is 28.0. The van der Waals surface area contributed by atoms with E-state index in [1.165, 1.54) is 18.9 Å². The zero-order valence-corrected chi connectivity index (χ0v) is 15.5. The lowest BCUT2D eigenvalue weighted by molar-refractivity contribution is -0.134. The predicted molar refractivity (Wildman–Crippen MR) is 90.4 cm³/mol. The van der Waals surface area contributed by atoms with Crippen LogP contribution in [0.25, 0.3) is 0 Å². The minimum Gasteiger partial charge on any atom is -0.451 e. The van der Waals surface area contributed by atoms with Gasteiger partial charge in [-0.2, -0.15) is 0 Å². The average Bonchev–Trinajstić information content (AvgIpc) is 3.02. The third kappa shape index (κ3) is 4.09. The van der Waals surface area contributed by atoms with E-state index in [1.807, 2.05) is 0 Å². The molecule has 9 heteroatoms. The van der Waals surface area contributed by atoms with Crippen LogP contribution >= 0.6 is 0 Å². The van der Waals surface area contributed by atoms with Gasteiger partial charge < -0.3 is 14.6 Å². The van der Waals surface area contributed by atoms with Crippen LogP contribution in [0.1, 0.15) is 45.4 Å². The molecule has 0 aliphatic carbocycles. The number of carbonyl (C=O) groups excluding carboxylic acids is 3. The monoisotopic (exact) mass is 370 g/mol. The van der Waals surface area contributed by atoms with E-state index in [-0.39, 0.29) is 23.0 Å². The Hall–Kier alpha value is -2.16. The number of ketones is 1. The van der Waals surface area contributed by atoms with Crippen LogP contribution in [0.4, 0.5) is 0 Å². The maximum atomic E-state index is 12.2. The van der Waals surface area contributed by atoms with Crippen LogP contribution in [0.2, 0.25) is 0 Å². The number of H-pyrrole nitrogens is 1. The molecule has 0 unspecified atom stereocenters. The Labute approximate surface area is 146 Å². The summed E-state index contributed by atoms with van der Waals surface area (Å²) >= 11 is 0. The number of amides is 1. The lowest BCUT2D eigenvalue weighted by Crippen LogP contribution is -2.40. The quantitative estimate of drug-likeness (QED) is 0.601. The smallest absolute Gasteiger partial charge is 0.355 e. The molecule has 1 aliphatic rings. The number of aromatic amines is 1. The maximum Gasteiger partial charge on any atom is 0.355 e. The van der Waals surface area contributed by atoms with Gasteiger partial charge in [0.15, 0.2) is 22.2 Å². The first-order valence-electron chi connectivity index (χ1n) is 7.86. The fraction of sp³-hybridized carbons (Fsp3) is 0.562. The summed E-state index contributed by atoms with van der Waals surface area (Å²) in [7, 11) is -1.60. The van der Waals surface area contributed by atoms with Crippen molar-refractivity contribution in [2.24, 2.45) is 0 Å². The number of aromatic nitrogens is 1. The van der Waals surface area contributed by atoms with Crippen molar-refractivity contribution < 1.29 is 27.5 Å². The van der Waals surface area contributed by atoms with Crippen molar-refractivity contribution in [2.45, 2.75) is 33.2 Å². The summed E-state index contributed by atoms with van der Waals surface area (Å²) in [5.41, 5.74) is 1.63. The van der Waals surface area contributed by atoms with Crippen LogP contribution in [-0.2, 0) is 19.4 Å². The Morgan fingerprint density at radius 2 is 1.92 bits per heavy atom. The molecule has 2 rings (SSSR count). The summed E-state index contributed by atoms with van der Waals surface area (Å²) in [6.07, 6.45) is 0.384. The fourth-order valence-corrected chi connectivity index (χ4v) is 4.84. The number of nitrogens with zero attached hydrogens (tertiary/aromatic N) is 1. The van der Waals surface area contributed by atoms with Crippen molar-refractivity contribution in [3.05, 3.63) is 22.5 Å². The van der Waals surface area contributed by atoms with Crippen molar-refractivity contribution in [1.29, 1.82) is 0 Å². The zero-order valence-electron chi connectivity index (χ0n) is 14.7. The van der Waals surface area contributed by atoms with Crippen LogP contribution < -0.4 is 0 Å². The van der Waals surface area contributed by atoms with Crippen molar-refractivity contribution in [2.75, 3.05) is 25.2 Å². The van der Waals surface area contributed by atoms with Crippen LogP contribution in [0.3, 0.4) is 0 Å². The van der Waals surface area contributed by atoms with Crippen LogP contribution in [0, 0.1) is 13.8 Å². The van der Waals surface area contributed by atoms with E-state index >= 15 is 0 Å². The molecule has 0 radical (unpaired) electrons. The molecule has 2 heterocycles. The molecule has 8 nitrogen and oxygen atoms in total. The van der Waals surface area contributed by atoms with Gasteiger partial charge in [0.1, 0.15) is 5.69 Å². The number of ether oxygens (including phenoxy) is 1. The first kappa shape index (κ1) is 19.2. The summed E-state index contributed by atoms with van der Waals surface area (Å²) in [4.78, 5) is 40.0. The number of nitrogens with one attached hydrogen (secondary N) is 1. The highest BCUT2D eigenvalue weighted by atomic mass is 32.2. The molecule has 25 heavy (non-hydrogen) atoms. The molecule has 1 saturated heterocycles. The molecule has 0 spiro atoms. The van der Waals surface area contributed by atoms with Gasteiger partial charge in [-0.15, -0.1) is 0 Å². The van der Waals surface area contributed by atoms with E-state index in [0.29, 0.717) is 23.2 Å². The lowest BCUT2D eigenvalue weighted by atomic mass is 10.1. The molecular formula is C16H22N2O6S. The highest BCUT2D eigenvalue weighted by Gasteiger charge is 2.33. The minimum atomic E-state index is -3.10. The molecule has 1 amide bonds. The third-order valence-electron chi connectivity index (χ3n) is 4.47. The van der Waals surface area contributed by atoms with Gasteiger partial charge in [0.05, 0.1) is 11.5 Å². The topological polar surface area (TPSA) is 114 Å². The van der Waals surface area contributed by atoms with Crippen LogP contribution in [-0.4, -0.2) is 67.2 Å². The van der Waals surface area contributed by atoms with Gasteiger partial charge in [-0.25, -0.2) is 13.2 Å². The highest BCUT2D eigenvalue weighted by molar-refractivity contribution is 7.91. The van der Waals surface area contributed by atoms with Gasteiger partial charge in [0.2, 0.25) is 0 Å². The van der Waals surface area contributed by atoms with Crippen molar-refractivity contribution >= 4 is 27.5 Å². The number of carbonyl (C=O) groups is 3. The van der Waals surface area contributed by atoms with Gasteiger partial charge >= 0.3 is 5.97 Å². The maximum absolute atomic E-state index is 12.2. The predicted octanol–water partition coefficient (Wildman–Crippen LogP) is 0.636. The first-order chi connectivity index (χ1) is 11.5. The van der Waals surface area contributed by atoms with Gasteiger partial charge in [0, 0.05) is 24.3 Å². The number of Topliss-reactive ketones (excluding diaryl/α,β-unsaturated/α-hetero) is 1. The van der Waals surface area contributed by atoms with Gasteiger partial charge in [-0.3, -0.25) is 9.59 Å². The molecule has 0 saturated carbocycles. The van der Waals surface area contributed by atoms with E-state index in [9.17, 15) is 22.8 Å². The molecule has 1 aliphatic heterocycles. The van der Waals surface area contributed by atoms with E-state index < -0.39 is 34.4 Å². The standard InChI is InChI=1S/C16H22N2O6S/c1-9-14(11(3)19)10(2)17-15(9)16(21)24-7-13(20)18(4)12-5-6-25(22,23)8-12/h12,17H,5-8H2,1-4H3/t12-/m0/s1.